The molecular weight excluding hydrogens is 252 g/mol. The van der Waals surface area contributed by atoms with Crippen LogP contribution in [0.1, 0.15) is 6.92 Å². The lowest BCUT2D eigenvalue weighted by Crippen LogP contribution is -2.60. The number of aliphatic hydroxyl groups excluding tert-OH is 3. The molecule has 0 bridgehead atoms. The molecule has 1 saturated heterocycles. The van der Waals surface area contributed by atoms with E-state index in [1.54, 1.807) is 11.1 Å². The third kappa shape index (κ3) is 3.01. The summed E-state index contributed by atoms with van der Waals surface area (Å²) >= 11 is 0. The SMILES string of the molecule is CCN1[C]N(C[C@H]2O[C@H](OC)[C@H](O)[C@@H](O)[C@@H]2O)C=C1. The zero-order chi connectivity index (χ0) is 14.0. The molecule has 0 aliphatic carbocycles. The molecule has 3 N–H and O–H groups in total. The van der Waals surface area contributed by atoms with Crippen LogP contribution in [0, 0.1) is 6.67 Å². The van der Waals surface area contributed by atoms with E-state index in [4.69, 9.17) is 9.47 Å². The molecule has 0 aromatic heterocycles. The Morgan fingerprint density at radius 3 is 2.42 bits per heavy atom. The summed E-state index contributed by atoms with van der Waals surface area (Å²) in [5, 5.41) is 29.3. The molecule has 2 radical (unpaired) electrons. The van der Waals surface area contributed by atoms with E-state index in [1.807, 2.05) is 18.0 Å². The third-order valence-corrected chi connectivity index (χ3v) is 3.30. The van der Waals surface area contributed by atoms with Gasteiger partial charge in [-0.2, -0.15) is 0 Å². The van der Waals surface area contributed by atoms with Crippen LogP contribution in [0.15, 0.2) is 12.4 Å². The van der Waals surface area contributed by atoms with Crippen molar-refractivity contribution in [2.24, 2.45) is 0 Å². The van der Waals surface area contributed by atoms with Gasteiger partial charge in [-0.25, -0.2) is 0 Å². The van der Waals surface area contributed by atoms with Crippen LogP contribution < -0.4 is 0 Å². The average Bonchev–Trinajstić information content (AvgIpc) is 2.87. The van der Waals surface area contributed by atoms with Gasteiger partial charge in [-0.1, -0.05) is 0 Å². The molecule has 0 amide bonds. The second-order valence-corrected chi connectivity index (χ2v) is 4.59. The molecule has 1 fully saturated rings. The second kappa shape index (κ2) is 6.06. The van der Waals surface area contributed by atoms with E-state index >= 15 is 0 Å². The highest BCUT2D eigenvalue weighted by Crippen LogP contribution is 2.23. The second-order valence-electron chi connectivity index (χ2n) is 4.59. The molecule has 108 valence electrons. The summed E-state index contributed by atoms with van der Waals surface area (Å²) in [6, 6.07) is 0. The van der Waals surface area contributed by atoms with Gasteiger partial charge in [0.2, 0.25) is 6.67 Å². The van der Waals surface area contributed by atoms with Crippen molar-refractivity contribution >= 4 is 0 Å². The molecule has 0 aromatic rings. The standard InChI is InChI=1S/C12H20N2O5/c1-3-13-4-5-14(7-13)6-8-9(15)10(16)11(17)12(18-2)19-8/h4-5,8-12,15-17H,3,6H2,1-2H3/t8-,9-,10+,11-,12+/m1/s1. The molecular formula is C12H20N2O5. The summed E-state index contributed by atoms with van der Waals surface area (Å²) in [5.41, 5.74) is 0. The Balaban J connectivity index is 1.94. The van der Waals surface area contributed by atoms with Gasteiger partial charge in [-0.05, 0) is 6.92 Å². The minimum atomic E-state index is -1.29. The van der Waals surface area contributed by atoms with Crippen LogP contribution >= 0.6 is 0 Å². The van der Waals surface area contributed by atoms with Crippen LogP contribution in [0.25, 0.3) is 0 Å². The first-order valence-electron chi connectivity index (χ1n) is 6.27. The molecule has 5 atom stereocenters. The largest absolute Gasteiger partial charge is 0.388 e. The Kier molecular flexibility index (Phi) is 4.64. The maximum atomic E-state index is 9.92. The number of rotatable bonds is 4. The summed E-state index contributed by atoms with van der Waals surface area (Å²) in [4.78, 5) is 3.59. The van der Waals surface area contributed by atoms with Gasteiger partial charge in [0.1, 0.15) is 24.4 Å². The summed E-state index contributed by atoms with van der Waals surface area (Å²) in [5.74, 6) is 0. The molecule has 0 saturated carbocycles. The van der Waals surface area contributed by atoms with Gasteiger partial charge in [0.25, 0.3) is 0 Å². The molecule has 2 rings (SSSR count). The Bertz CT molecular complexity index is 325. The fourth-order valence-electron chi connectivity index (χ4n) is 2.13. The highest BCUT2D eigenvalue weighted by molar-refractivity contribution is 4.99. The van der Waals surface area contributed by atoms with Gasteiger partial charge in [0.05, 0.1) is 0 Å². The molecule has 2 aliphatic rings. The topological polar surface area (TPSA) is 85.6 Å². The normalized spacial score (nSPS) is 39.1. The van der Waals surface area contributed by atoms with E-state index in [0.717, 1.165) is 6.54 Å². The first-order chi connectivity index (χ1) is 9.06. The lowest BCUT2D eigenvalue weighted by atomic mass is 9.98. The van der Waals surface area contributed by atoms with Crippen molar-refractivity contribution in [1.82, 2.24) is 9.80 Å². The zero-order valence-corrected chi connectivity index (χ0v) is 11.0. The summed E-state index contributed by atoms with van der Waals surface area (Å²) in [7, 11) is 1.38. The van der Waals surface area contributed by atoms with Crippen molar-refractivity contribution in [3.8, 4) is 0 Å². The fourth-order valence-corrected chi connectivity index (χ4v) is 2.13. The molecule has 7 heteroatoms. The Morgan fingerprint density at radius 2 is 1.84 bits per heavy atom. The van der Waals surface area contributed by atoms with E-state index in [9.17, 15) is 15.3 Å². The maximum absolute atomic E-state index is 9.92. The molecule has 7 nitrogen and oxygen atoms in total. The maximum Gasteiger partial charge on any atom is 0.207 e. The number of hydrogen-bond donors (Lipinski definition) is 3. The first-order valence-corrected chi connectivity index (χ1v) is 6.27. The number of methoxy groups -OCH3 is 1. The summed E-state index contributed by atoms with van der Waals surface area (Å²) in [6.45, 7) is 6.15. The lowest BCUT2D eigenvalue weighted by Gasteiger charge is -2.40. The third-order valence-electron chi connectivity index (χ3n) is 3.30. The van der Waals surface area contributed by atoms with Crippen molar-refractivity contribution in [2.45, 2.75) is 37.6 Å². The quantitative estimate of drug-likeness (QED) is 0.577. The van der Waals surface area contributed by atoms with E-state index < -0.39 is 30.7 Å². The predicted octanol–water partition coefficient (Wildman–Crippen LogP) is -1.45. The van der Waals surface area contributed by atoms with Crippen LogP contribution in [0.2, 0.25) is 0 Å². The van der Waals surface area contributed by atoms with E-state index in [2.05, 4.69) is 6.67 Å². The number of hydrogen-bond acceptors (Lipinski definition) is 7. The molecule has 2 aliphatic heterocycles. The number of aliphatic hydroxyl groups is 3. The fraction of sp³-hybridized carbons (Fsp3) is 0.750. The van der Waals surface area contributed by atoms with E-state index in [1.165, 1.54) is 7.11 Å². The number of ether oxygens (including phenoxy) is 2. The summed E-state index contributed by atoms with van der Waals surface area (Å²) < 4.78 is 10.4. The van der Waals surface area contributed by atoms with Gasteiger partial charge >= 0.3 is 0 Å². The molecule has 2 heterocycles. The predicted molar refractivity (Wildman–Crippen MR) is 65.2 cm³/mol. The lowest BCUT2D eigenvalue weighted by molar-refractivity contribution is -0.290. The highest BCUT2D eigenvalue weighted by atomic mass is 16.7. The zero-order valence-electron chi connectivity index (χ0n) is 11.0. The van der Waals surface area contributed by atoms with Crippen molar-refractivity contribution in [2.75, 3.05) is 20.2 Å². The van der Waals surface area contributed by atoms with Gasteiger partial charge in [-0.3, -0.25) is 0 Å². The van der Waals surface area contributed by atoms with Crippen LogP contribution in [0.5, 0.6) is 0 Å². The van der Waals surface area contributed by atoms with Crippen molar-refractivity contribution in [3.63, 3.8) is 0 Å². The van der Waals surface area contributed by atoms with Gasteiger partial charge in [-0.15, -0.1) is 0 Å². The van der Waals surface area contributed by atoms with E-state index in [-0.39, 0.29) is 0 Å². The van der Waals surface area contributed by atoms with Crippen LogP contribution in [-0.4, -0.2) is 76.0 Å². The summed E-state index contributed by atoms with van der Waals surface area (Å²) in [6.07, 6.45) is -1.68. The van der Waals surface area contributed by atoms with Gasteiger partial charge < -0.3 is 34.6 Å². The highest BCUT2D eigenvalue weighted by Gasteiger charge is 2.44. The van der Waals surface area contributed by atoms with Crippen LogP contribution in [0.4, 0.5) is 0 Å². The van der Waals surface area contributed by atoms with Crippen molar-refractivity contribution in [1.29, 1.82) is 0 Å². The van der Waals surface area contributed by atoms with E-state index in [0.29, 0.717) is 6.54 Å². The van der Waals surface area contributed by atoms with Gasteiger partial charge in [0.15, 0.2) is 6.29 Å². The first kappa shape index (κ1) is 14.5. The van der Waals surface area contributed by atoms with Crippen molar-refractivity contribution in [3.05, 3.63) is 19.1 Å². The number of nitrogens with zero attached hydrogens (tertiary/aromatic N) is 2. The monoisotopic (exact) mass is 272 g/mol. The van der Waals surface area contributed by atoms with Crippen LogP contribution in [0.3, 0.4) is 0 Å². The van der Waals surface area contributed by atoms with Gasteiger partial charge in [0, 0.05) is 32.6 Å². The molecule has 0 spiro atoms. The van der Waals surface area contributed by atoms with Crippen LogP contribution in [-0.2, 0) is 9.47 Å². The van der Waals surface area contributed by atoms with Crippen molar-refractivity contribution < 1.29 is 24.8 Å². The molecule has 19 heavy (non-hydrogen) atoms. The smallest absolute Gasteiger partial charge is 0.207 e. The average molecular weight is 272 g/mol. The molecule has 0 unspecified atom stereocenters. The minimum absolute atomic E-state index is 0.317. The Hall–Kier alpha value is -0.860. The minimum Gasteiger partial charge on any atom is -0.388 e. The Morgan fingerprint density at radius 1 is 1.16 bits per heavy atom. The molecule has 0 aromatic carbocycles. The Labute approximate surface area is 112 Å².